The van der Waals surface area contributed by atoms with E-state index in [1.54, 1.807) is 0 Å². The molecular weight excluding hydrogens is 569 g/mol. The third kappa shape index (κ3) is 3.90. The maximum Gasteiger partial charge on any atom is 0.143 e. The van der Waals surface area contributed by atoms with Crippen LogP contribution in [0.2, 0.25) is 0 Å². The normalized spacial score (nSPS) is 11.8. The summed E-state index contributed by atoms with van der Waals surface area (Å²) < 4.78 is 6.58. The van der Waals surface area contributed by atoms with Crippen LogP contribution in [0.3, 0.4) is 0 Å². The maximum atomic E-state index is 6.58. The van der Waals surface area contributed by atoms with Gasteiger partial charge in [0.25, 0.3) is 0 Å². The lowest BCUT2D eigenvalue weighted by atomic mass is 9.84. The zero-order valence-electron chi connectivity index (χ0n) is 25.6. The van der Waals surface area contributed by atoms with Gasteiger partial charge < -0.3 is 4.42 Å². The van der Waals surface area contributed by atoms with Gasteiger partial charge in [-0.1, -0.05) is 152 Å². The maximum absolute atomic E-state index is 6.58. The molecule has 47 heavy (non-hydrogen) atoms. The zero-order chi connectivity index (χ0) is 30.9. The highest BCUT2D eigenvalue weighted by Gasteiger charge is 2.19. The van der Waals surface area contributed by atoms with Crippen LogP contribution in [0, 0.1) is 0 Å². The lowest BCUT2D eigenvalue weighted by Crippen LogP contribution is -1.92. The predicted octanol–water partition coefficient (Wildman–Crippen LogP) is 13.2. The SMILES string of the molecule is c1ccc(-c2c3ccccc3c(-c3ccc(-c4ccc5c(c4)oc4c6ccccc6ccc54)c4ccccc34)c3ccccc23)cc1. The first-order chi connectivity index (χ1) is 23.3. The molecule has 0 aliphatic rings. The molecule has 0 radical (unpaired) electrons. The lowest BCUT2D eigenvalue weighted by Gasteiger charge is -2.19. The second-order valence-corrected chi connectivity index (χ2v) is 12.4. The summed E-state index contributed by atoms with van der Waals surface area (Å²) >= 11 is 0. The summed E-state index contributed by atoms with van der Waals surface area (Å²) in [5, 5.41) is 12.2. The zero-order valence-corrected chi connectivity index (χ0v) is 25.6. The summed E-state index contributed by atoms with van der Waals surface area (Å²) in [5.41, 5.74) is 9.26. The molecule has 1 heteroatoms. The highest BCUT2D eigenvalue weighted by Crippen LogP contribution is 2.46. The van der Waals surface area contributed by atoms with Crippen LogP contribution in [-0.2, 0) is 0 Å². The largest absolute Gasteiger partial charge is 0.455 e. The molecule has 9 aromatic carbocycles. The van der Waals surface area contributed by atoms with Gasteiger partial charge in [-0.25, -0.2) is 0 Å². The third-order valence-electron chi connectivity index (χ3n) is 9.86. The number of hydrogen-bond acceptors (Lipinski definition) is 1. The minimum absolute atomic E-state index is 0.912. The highest BCUT2D eigenvalue weighted by molar-refractivity contribution is 6.24. The Kier molecular flexibility index (Phi) is 5.64. The van der Waals surface area contributed by atoms with Crippen molar-refractivity contribution in [1.29, 1.82) is 0 Å². The van der Waals surface area contributed by atoms with Gasteiger partial charge in [-0.2, -0.15) is 0 Å². The molecule has 0 aliphatic carbocycles. The summed E-state index contributed by atoms with van der Waals surface area (Å²) in [6.07, 6.45) is 0. The van der Waals surface area contributed by atoms with Crippen LogP contribution < -0.4 is 0 Å². The predicted molar refractivity (Wildman–Crippen MR) is 200 cm³/mol. The van der Waals surface area contributed by atoms with E-state index in [-0.39, 0.29) is 0 Å². The van der Waals surface area contributed by atoms with Gasteiger partial charge in [0.15, 0.2) is 0 Å². The van der Waals surface area contributed by atoms with E-state index in [2.05, 4.69) is 170 Å². The van der Waals surface area contributed by atoms with Crippen molar-refractivity contribution >= 4 is 65.0 Å². The van der Waals surface area contributed by atoms with E-state index >= 15 is 0 Å². The molecule has 0 fully saturated rings. The minimum atomic E-state index is 0.912. The van der Waals surface area contributed by atoms with Crippen LogP contribution in [0.15, 0.2) is 174 Å². The van der Waals surface area contributed by atoms with Crippen molar-refractivity contribution in [1.82, 2.24) is 0 Å². The minimum Gasteiger partial charge on any atom is -0.455 e. The molecular formula is C46H28O. The van der Waals surface area contributed by atoms with Crippen molar-refractivity contribution in [2.45, 2.75) is 0 Å². The average Bonchev–Trinajstić information content (AvgIpc) is 3.52. The smallest absolute Gasteiger partial charge is 0.143 e. The Morgan fingerprint density at radius 2 is 0.830 bits per heavy atom. The van der Waals surface area contributed by atoms with E-state index in [9.17, 15) is 0 Å². The van der Waals surface area contributed by atoms with Crippen LogP contribution in [0.1, 0.15) is 0 Å². The molecule has 10 aromatic rings. The van der Waals surface area contributed by atoms with Crippen molar-refractivity contribution in [3.05, 3.63) is 170 Å². The van der Waals surface area contributed by atoms with Crippen LogP contribution in [-0.4, -0.2) is 0 Å². The quantitative estimate of drug-likeness (QED) is 0.185. The summed E-state index contributed by atoms with van der Waals surface area (Å²) in [5.74, 6) is 0. The molecule has 0 spiro atoms. The molecule has 218 valence electrons. The highest BCUT2D eigenvalue weighted by atomic mass is 16.3. The molecule has 10 rings (SSSR count). The Balaban J connectivity index is 1.22. The van der Waals surface area contributed by atoms with Crippen LogP contribution >= 0.6 is 0 Å². The summed E-state index contributed by atoms with van der Waals surface area (Å²) in [6, 6.07) is 61.5. The van der Waals surface area contributed by atoms with E-state index in [1.165, 1.54) is 65.5 Å². The van der Waals surface area contributed by atoms with Crippen molar-refractivity contribution < 1.29 is 4.42 Å². The Morgan fingerprint density at radius 3 is 1.53 bits per heavy atom. The van der Waals surface area contributed by atoms with Crippen LogP contribution in [0.5, 0.6) is 0 Å². The molecule has 0 amide bonds. The summed E-state index contributed by atoms with van der Waals surface area (Å²) in [7, 11) is 0. The van der Waals surface area contributed by atoms with E-state index in [0.29, 0.717) is 0 Å². The molecule has 1 aromatic heterocycles. The van der Waals surface area contributed by atoms with Gasteiger partial charge in [0.05, 0.1) is 0 Å². The van der Waals surface area contributed by atoms with E-state index in [0.717, 1.165) is 32.9 Å². The number of hydrogen-bond donors (Lipinski definition) is 0. The van der Waals surface area contributed by atoms with Crippen LogP contribution in [0.4, 0.5) is 0 Å². The van der Waals surface area contributed by atoms with E-state index in [1.807, 2.05) is 0 Å². The van der Waals surface area contributed by atoms with Gasteiger partial charge in [0.2, 0.25) is 0 Å². The Bertz CT molecular complexity index is 2780. The van der Waals surface area contributed by atoms with Gasteiger partial charge >= 0.3 is 0 Å². The van der Waals surface area contributed by atoms with Crippen LogP contribution in [0.25, 0.3) is 98.4 Å². The fourth-order valence-electron chi connectivity index (χ4n) is 7.78. The number of fused-ring (bicyclic) bond motifs is 8. The van der Waals surface area contributed by atoms with Crippen molar-refractivity contribution in [2.24, 2.45) is 0 Å². The van der Waals surface area contributed by atoms with Gasteiger partial charge in [0.1, 0.15) is 11.2 Å². The van der Waals surface area contributed by atoms with E-state index in [4.69, 9.17) is 4.42 Å². The molecule has 0 atom stereocenters. The number of benzene rings is 9. The fraction of sp³-hybridized carbons (Fsp3) is 0. The molecule has 0 aliphatic heterocycles. The van der Waals surface area contributed by atoms with Crippen molar-refractivity contribution in [3.8, 4) is 33.4 Å². The van der Waals surface area contributed by atoms with Gasteiger partial charge in [0, 0.05) is 16.2 Å². The molecule has 0 saturated carbocycles. The molecule has 0 N–H and O–H groups in total. The molecule has 1 nitrogen and oxygen atoms in total. The second kappa shape index (κ2) is 10.2. The average molecular weight is 597 g/mol. The Labute approximate surface area is 271 Å². The molecule has 0 bridgehead atoms. The molecule has 0 unspecified atom stereocenters. The van der Waals surface area contributed by atoms with Gasteiger partial charge in [-0.15, -0.1) is 0 Å². The first-order valence-corrected chi connectivity index (χ1v) is 16.2. The van der Waals surface area contributed by atoms with Gasteiger partial charge in [-0.3, -0.25) is 0 Å². The van der Waals surface area contributed by atoms with Crippen molar-refractivity contribution in [2.75, 3.05) is 0 Å². The number of rotatable bonds is 3. The standard InChI is InChI=1S/C46H28O/c1-2-13-30(14-3-1)44-37-18-8-10-20-39(37)45(40-21-11-9-19-38(40)44)41-27-26-32(34-16-6-7-17-35(34)41)31-23-24-36-42-25-22-29-12-4-5-15-33(29)46(42)47-43(36)28-31/h1-28H. The number of furan rings is 1. The fourth-order valence-corrected chi connectivity index (χ4v) is 7.78. The first kappa shape index (κ1) is 26.1. The topological polar surface area (TPSA) is 13.1 Å². The molecule has 1 heterocycles. The monoisotopic (exact) mass is 596 g/mol. The Morgan fingerprint density at radius 1 is 0.298 bits per heavy atom. The first-order valence-electron chi connectivity index (χ1n) is 16.2. The van der Waals surface area contributed by atoms with Crippen molar-refractivity contribution in [3.63, 3.8) is 0 Å². The molecule has 0 saturated heterocycles. The van der Waals surface area contributed by atoms with E-state index < -0.39 is 0 Å². The second-order valence-electron chi connectivity index (χ2n) is 12.4. The van der Waals surface area contributed by atoms with Gasteiger partial charge in [-0.05, 0) is 89.3 Å². The summed E-state index contributed by atoms with van der Waals surface area (Å²) in [6.45, 7) is 0. The summed E-state index contributed by atoms with van der Waals surface area (Å²) in [4.78, 5) is 0. The third-order valence-corrected chi connectivity index (χ3v) is 9.86. The lowest BCUT2D eigenvalue weighted by molar-refractivity contribution is 0.673. The Hall–Kier alpha value is -6.18.